The molecule has 0 spiro atoms. The molecule has 0 aliphatic carbocycles. The van der Waals surface area contributed by atoms with Crippen LogP contribution in [0.15, 0.2) is 23.2 Å². The monoisotopic (exact) mass is 440 g/mol. The van der Waals surface area contributed by atoms with Gasteiger partial charge in [-0.3, -0.25) is 4.99 Å². The molecule has 0 aliphatic heterocycles. The van der Waals surface area contributed by atoms with Crippen LogP contribution in [0.3, 0.4) is 0 Å². The number of nitrogens with one attached hydrogen (secondary N) is 2. The van der Waals surface area contributed by atoms with Crippen molar-refractivity contribution in [1.82, 2.24) is 4.72 Å². The Morgan fingerprint density at radius 1 is 1.23 bits per heavy atom. The highest BCUT2D eigenvalue weighted by molar-refractivity contribution is 14.0. The molecule has 0 aromatic heterocycles. The minimum absolute atomic E-state index is 0. The van der Waals surface area contributed by atoms with E-state index in [0.717, 1.165) is 16.8 Å². The number of hydrogen-bond acceptors (Lipinski definition) is 3. The summed E-state index contributed by atoms with van der Waals surface area (Å²) in [7, 11) is -3.12. The van der Waals surface area contributed by atoms with Crippen molar-refractivity contribution < 1.29 is 8.42 Å². The molecule has 1 rings (SSSR count). The number of sulfonamides is 1. The number of nitrogens with two attached hydrogens (primary N) is 1. The summed E-state index contributed by atoms with van der Waals surface area (Å²) in [5.41, 5.74) is 9.01. The molecule has 8 heteroatoms. The van der Waals surface area contributed by atoms with Gasteiger partial charge in [0.1, 0.15) is 0 Å². The van der Waals surface area contributed by atoms with Crippen molar-refractivity contribution in [1.29, 1.82) is 0 Å². The Bertz CT molecular complexity index is 583. The van der Waals surface area contributed by atoms with E-state index < -0.39 is 10.0 Å². The molecule has 0 bridgehead atoms. The molecule has 0 fully saturated rings. The van der Waals surface area contributed by atoms with Crippen molar-refractivity contribution in [2.45, 2.75) is 27.2 Å². The maximum absolute atomic E-state index is 11.2. The third-order valence-corrected chi connectivity index (χ3v) is 4.22. The Labute approximate surface area is 150 Å². The molecule has 126 valence electrons. The maximum atomic E-state index is 11.2. The van der Waals surface area contributed by atoms with Crippen molar-refractivity contribution >= 4 is 45.6 Å². The zero-order chi connectivity index (χ0) is 15.9. The van der Waals surface area contributed by atoms with Crippen molar-refractivity contribution in [2.75, 3.05) is 24.2 Å². The van der Waals surface area contributed by atoms with Gasteiger partial charge in [0.25, 0.3) is 0 Å². The third-order valence-electron chi connectivity index (χ3n) is 2.81. The molecule has 0 aliphatic rings. The highest BCUT2D eigenvalue weighted by atomic mass is 127. The van der Waals surface area contributed by atoms with E-state index in [-0.39, 0.29) is 29.7 Å². The SMILES string of the molecule is CCS(=O)(=O)NCCCN=C(N)Nc1cc(C)cc(C)c1.I. The average molecular weight is 440 g/mol. The number of halogens is 1. The minimum Gasteiger partial charge on any atom is -0.370 e. The number of guanidine groups is 1. The fourth-order valence-electron chi connectivity index (χ4n) is 1.84. The molecule has 6 nitrogen and oxygen atoms in total. The van der Waals surface area contributed by atoms with E-state index in [1.807, 2.05) is 26.0 Å². The second kappa shape index (κ2) is 10.0. The van der Waals surface area contributed by atoms with Gasteiger partial charge in [-0.25, -0.2) is 13.1 Å². The van der Waals surface area contributed by atoms with Gasteiger partial charge < -0.3 is 11.1 Å². The van der Waals surface area contributed by atoms with Crippen molar-refractivity contribution in [3.8, 4) is 0 Å². The molecule has 0 saturated heterocycles. The standard InChI is InChI=1S/C14H24N4O2S.HI/c1-4-21(19,20)17-7-5-6-16-14(15)18-13-9-11(2)8-12(3)10-13;/h8-10,17H,4-7H2,1-3H3,(H3,15,16,18);1H. The van der Waals surface area contributed by atoms with E-state index in [0.29, 0.717) is 25.5 Å². The fraction of sp³-hybridized carbons (Fsp3) is 0.500. The van der Waals surface area contributed by atoms with Gasteiger partial charge in [0.2, 0.25) is 10.0 Å². The molecule has 0 radical (unpaired) electrons. The van der Waals surface area contributed by atoms with Gasteiger partial charge in [0, 0.05) is 18.8 Å². The van der Waals surface area contributed by atoms with Crippen molar-refractivity contribution in [2.24, 2.45) is 10.7 Å². The van der Waals surface area contributed by atoms with E-state index >= 15 is 0 Å². The van der Waals surface area contributed by atoms with E-state index in [1.54, 1.807) is 6.92 Å². The quantitative estimate of drug-likeness (QED) is 0.262. The zero-order valence-corrected chi connectivity index (χ0v) is 16.4. The smallest absolute Gasteiger partial charge is 0.211 e. The molecule has 22 heavy (non-hydrogen) atoms. The number of benzene rings is 1. The number of nitrogens with zero attached hydrogens (tertiary/aromatic N) is 1. The van der Waals surface area contributed by atoms with Crippen LogP contribution in [0, 0.1) is 13.8 Å². The van der Waals surface area contributed by atoms with Crippen LogP contribution in [0.2, 0.25) is 0 Å². The summed E-state index contributed by atoms with van der Waals surface area (Å²) in [6.45, 7) is 6.48. The van der Waals surface area contributed by atoms with E-state index in [9.17, 15) is 8.42 Å². The molecule has 1 aromatic rings. The van der Waals surface area contributed by atoms with Crippen LogP contribution in [0.4, 0.5) is 5.69 Å². The first-order valence-electron chi connectivity index (χ1n) is 6.95. The summed E-state index contributed by atoms with van der Waals surface area (Å²) >= 11 is 0. The van der Waals surface area contributed by atoms with Crippen LogP contribution >= 0.6 is 24.0 Å². The van der Waals surface area contributed by atoms with Crippen LogP contribution in [0.5, 0.6) is 0 Å². The van der Waals surface area contributed by atoms with Gasteiger partial charge in [-0.05, 0) is 50.5 Å². The lowest BCUT2D eigenvalue weighted by Crippen LogP contribution is -2.27. The molecule has 0 heterocycles. The van der Waals surface area contributed by atoms with Gasteiger partial charge in [-0.1, -0.05) is 6.07 Å². The Morgan fingerprint density at radius 3 is 2.36 bits per heavy atom. The zero-order valence-electron chi connectivity index (χ0n) is 13.2. The lowest BCUT2D eigenvalue weighted by Gasteiger charge is -2.08. The van der Waals surface area contributed by atoms with Crippen LogP contribution in [0.1, 0.15) is 24.5 Å². The molecular formula is C14H25IN4O2S. The Balaban J connectivity index is 0.00000441. The number of rotatable bonds is 7. The summed E-state index contributed by atoms with van der Waals surface area (Å²) in [6, 6.07) is 6.06. The molecule has 1 aromatic carbocycles. The van der Waals surface area contributed by atoms with Crippen LogP contribution in [-0.2, 0) is 10.0 Å². The highest BCUT2D eigenvalue weighted by Crippen LogP contribution is 2.13. The first kappa shape index (κ1) is 21.1. The molecule has 4 N–H and O–H groups in total. The van der Waals surface area contributed by atoms with Gasteiger partial charge >= 0.3 is 0 Å². The lowest BCUT2D eigenvalue weighted by atomic mass is 10.1. The van der Waals surface area contributed by atoms with E-state index in [4.69, 9.17) is 5.73 Å². The maximum Gasteiger partial charge on any atom is 0.211 e. The number of aryl methyl sites for hydroxylation is 2. The Kier molecular flexibility index (Phi) is 9.61. The number of aliphatic imine (C=N–C) groups is 1. The molecule has 0 amide bonds. The van der Waals surface area contributed by atoms with Gasteiger partial charge in [-0.15, -0.1) is 24.0 Å². The topological polar surface area (TPSA) is 96.6 Å². The predicted octanol–water partition coefficient (Wildman–Crippen LogP) is 1.98. The van der Waals surface area contributed by atoms with Crippen LogP contribution in [0.25, 0.3) is 0 Å². The second-order valence-electron chi connectivity index (χ2n) is 4.92. The summed E-state index contributed by atoms with van der Waals surface area (Å²) < 4.78 is 24.9. The van der Waals surface area contributed by atoms with Crippen LogP contribution < -0.4 is 15.8 Å². The highest BCUT2D eigenvalue weighted by Gasteiger charge is 2.04. The normalized spacial score (nSPS) is 11.9. The summed E-state index contributed by atoms with van der Waals surface area (Å²) in [5, 5.41) is 3.03. The minimum atomic E-state index is -3.12. The third kappa shape index (κ3) is 8.54. The van der Waals surface area contributed by atoms with Crippen molar-refractivity contribution in [3.05, 3.63) is 29.3 Å². The molecule has 0 unspecified atom stereocenters. The van der Waals surface area contributed by atoms with E-state index in [1.165, 1.54) is 0 Å². The van der Waals surface area contributed by atoms with Gasteiger partial charge in [-0.2, -0.15) is 0 Å². The summed E-state index contributed by atoms with van der Waals surface area (Å²) in [6.07, 6.45) is 0.606. The molecular weight excluding hydrogens is 415 g/mol. The van der Waals surface area contributed by atoms with Crippen LogP contribution in [-0.4, -0.2) is 33.2 Å². The first-order valence-corrected chi connectivity index (χ1v) is 8.60. The Morgan fingerprint density at radius 2 is 1.82 bits per heavy atom. The summed E-state index contributed by atoms with van der Waals surface area (Å²) in [4.78, 5) is 4.17. The fourth-order valence-corrected chi connectivity index (χ4v) is 2.50. The van der Waals surface area contributed by atoms with Gasteiger partial charge in [0.15, 0.2) is 5.96 Å². The largest absolute Gasteiger partial charge is 0.370 e. The second-order valence-corrected chi connectivity index (χ2v) is 7.02. The predicted molar refractivity (Wildman–Crippen MR) is 104 cm³/mol. The first-order chi connectivity index (χ1) is 9.82. The number of hydrogen-bond donors (Lipinski definition) is 3. The van der Waals surface area contributed by atoms with Crippen molar-refractivity contribution in [3.63, 3.8) is 0 Å². The lowest BCUT2D eigenvalue weighted by molar-refractivity contribution is 0.581. The average Bonchev–Trinajstić information content (AvgIpc) is 2.37. The number of anilines is 1. The molecule has 0 atom stereocenters. The molecule has 0 saturated carbocycles. The Hall–Kier alpha value is -0.870. The van der Waals surface area contributed by atoms with E-state index in [2.05, 4.69) is 21.1 Å². The summed E-state index contributed by atoms with van der Waals surface area (Å²) in [5.74, 6) is 0.422. The van der Waals surface area contributed by atoms with Gasteiger partial charge in [0.05, 0.1) is 5.75 Å².